The van der Waals surface area contributed by atoms with Gasteiger partial charge in [-0.25, -0.2) is 0 Å². The molecule has 0 aliphatic carbocycles. The molecule has 0 spiro atoms. The van der Waals surface area contributed by atoms with Crippen molar-refractivity contribution in [1.29, 1.82) is 0 Å². The average Bonchev–Trinajstić information content (AvgIpc) is 4.05. The minimum absolute atomic E-state index is 0.0627. The normalized spacial score (nSPS) is 18.0. The molecule has 0 radical (unpaired) electrons. The summed E-state index contributed by atoms with van der Waals surface area (Å²) in [6, 6.07) is -1.33. The highest BCUT2D eigenvalue weighted by molar-refractivity contribution is 6.17. The van der Waals surface area contributed by atoms with Crippen LogP contribution in [0, 0.1) is 0 Å². The molecular weight excluding hydrogens is 619 g/mol. The fraction of sp³-hybridized carbons (Fsp3) is 0. The van der Waals surface area contributed by atoms with Gasteiger partial charge in [0.05, 0.1) is 68.9 Å². The summed E-state index contributed by atoms with van der Waals surface area (Å²) >= 11 is 0. The first-order valence-corrected chi connectivity index (χ1v) is 15.7. The van der Waals surface area contributed by atoms with Crippen molar-refractivity contribution in [1.82, 2.24) is 13.7 Å². The van der Waals surface area contributed by atoms with Gasteiger partial charge in [-0.15, -0.1) is 0 Å². The molecule has 0 saturated carbocycles. The molecule has 3 heterocycles. The average molecular weight is 672 g/mol. The molecule has 8 aromatic carbocycles. The molecule has 238 valence electrons. The van der Waals surface area contributed by atoms with E-state index < -0.39 is 166 Å². The fourth-order valence-electron chi connectivity index (χ4n) is 6.85. The first-order valence-electron chi connectivity index (χ1n) is 26.7. The molecule has 3 heteroatoms. The van der Waals surface area contributed by atoms with E-state index in [1.807, 2.05) is 0 Å². The molecule has 0 aliphatic rings. The molecular formula is C48H31N3. The van der Waals surface area contributed by atoms with E-state index in [1.54, 1.807) is 30.3 Å². The van der Waals surface area contributed by atoms with Gasteiger partial charge in [-0.3, -0.25) is 0 Å². The van der Waals surface area contributed by atoms with Crippen molar-refractivity contribution in [2.24, 2.45) is 0 Å². The van der Waals surface area contributed by atoms with Gasteiger partial charge in [0.1, 0.15) is 0 Å². The predicted molar refractivity (Wildman–Crippen MR) is 215 cm³/mol. The highest BCUT2D eigenvalue weighted by atomic mass is 15.0. The molecule has 0 fully saturated rings. The molecule has 0 atom stereocenters. The lowest BCUT2D eigenvalue weighted by Crippen LogP contribution is -1.96. The van der Waals surface area contributed by atoms with Gasteiger partial charge in [-0.2, -0.15) is 0 Å². The Labute approximate surface area is 325 Å². The largest absolute Gasteiger partial charge is 0.309 e. The minimum Gasteiger partial charge on any atom is -0.309 e. The van der Waals surface area contributed by atoms with E-state index in [2.05, 4.69) is 0 Å². The Morgan fingerprint density at radius 1 is 0.333 bits per heavy atom. The maximum Gasteiger partial charge on any atom is 0.0645 e. The van der Waals surface area contributed by atoms with Crippen LogP contribution in [0.4, 0.5) is 0 Å². The number of benzene rings is 8. The third kappa shape index (κ3) is 4.06. The third-order valence-corrected chi connectivity index (χ3v) is 8.96. The quantitative estimate of drug-likeness (QED) is 0.177. The van der Waals surface area contributed by atoms with Crippen molar-refractivity contribution in [3.8, 4) is 28.2 Å². The summed E-state index contributed by atoms with van der Waals surface area (Å²) in [5.41, 5.74) is -3.14. The van der Waals surface area contributed by atoms with Gasteiger partial charge in [-0.1, -0.05) is 109 Å². The van der Waals surface area contributed by atoms with E-state index >= 15 is 0 Å². The molecule has 0 aliphatic heterocycles. The molecule has 0 N–H and O–H groups in total. The van der Waals surface area contributed by atoms with E-state index in [9.17, 15) is 16.4 Å². The second-order valence-electron chi connectivity index (χ2n) is 11.7. The molecule has 0 unspecified atom stereocenters. The summed E-state index contributed by atoms with van der Waals surface area (Å²) in [6.07, 6.45) is 0. The van der Waals surface area contributed by atoms with E-state index in [0.717, 1.165) is 4.57 Å². The molecule has 11 aromatic rings. The van der Waals surface area contributed by atoms with Gasteiger partial charge in [0.25, 0.3) is 0 Å². The van der Waals surface area contributed by atoms with Crippen LogP contribution in [0.2, 0.25) is 0 Å². The number of nitrogens with zero attached hydrogens (tertiary/aromatic N) is 3. The van der Waals surface area contributed by atoms with Crippen molar-refractivity contribution in [3.05, 3.63) is 188 Å². The molecule has 0 amide bonds. The van der Waals surface area contributed by atoms with Crippen LogP contribution in [0.15, 0.2) is 188 Å². The second-order valence-corrected chi connectivity index (χ2v) is 11.7. The van der Waals surface area contributed by atoms with E-state index in [-0.39, 0.29) is 55.3 Å². The summed E-state index contributed by atoms with van der Waals surface area (Å²) in [5.74, 6) is 0. The van der Waals surface area contributed by atoms with Crippen LogP contribution in [-0.2, 0) is 0 Å². The van der Waals surface area contributed by atoms with Gasteiger partial charge in [-0.05, 0) is 89.8 Å². The number of para-hydroxylation sites is 5. The van der Waals surface area contributed by atoms with Crippen molar-refractivity contribution < 1.29 is 30.2 Å². The summed E-state index contributed by atoms with van der Waals surface area (Å²) < 4.78 is 205. The van der Waals surface area contributed by atoms with Gasteiger partial charge < -0.3 is 13.7 Å². The van der Waals surface area contributed by atoms with Crippen molar-refractivity contribution >= 4 is 65.4 Å². The Balaban J connectivity index is 1.38. The van der Waals surface area contributed by atoms with E-state index in [1.165, 1.54) is 33.4 Å². The predicted octanol–water partition coefficient (Wildman–Crippen LogP) is 12.6. The Hall–Kier alpha value is -6.84. The first-order chi connectivity index (χ1) is 34.5. The maximum absolute atomic E-state index is 9.99. The van der Waals surface area contributed by atoms with Gasteiger partial charge >= 0.3 is 0 Å². The molecule has 3 nitrogen and oxygen atoms in total. The first kappa shape index (κ1) is 14.2. The second kappa shape index (κ2) is 10.8. The van der Waals surface area contributed by atoms with Crippen LogP contribution >= 0.6 is 0 Å². The Morgan fingerprint density at radius 3 is 1.45 bits per heavy atom. The van der Waals surface area contributed by atoms with Crippen molar-refractivity contribution in [2.45, 2.75) is 0 Å². The van der Waals surface area contributed by atoms with Crippen LogP contribution in [0.1, 0.15) is 30.2 Å². The number of hydrogen-bond donors (Lipinski definition) is 0. The highest BCUT2D eigenvalue weighted by Gasteiger charge is 2.20. The lowest BCUT2D eigenvalue weighted by Gasteiger charge is -2.12. The molecule has 51 heavy (non-hydrogen) atoms. The highest BCUT2D eigenvalue weighted by Crippen LogP contribution is 2.41. The lowest BCUT2D eigenvalue weighted by molar-refractivity contribution is 1.17. The van der Waals surface area contributed by atoms with Gasteiger partial charge in [0.15, 0.2) is 0 Å². The maximum atomic E-state index is 9.99. The third-order valence-electron chi connectivity index (χ3n) is 8.96. The number of rotatable bonds is 4. The Morgan fingerprint density at radius 2 is 0.804 bits per heavy atom. The number of aromatic nitrogens is 3. The van der Waals surface area contributed by atoms with Crippen LogP contribution in [0.5, 0.6) is 0 Å². The standard InChI is InChI=1S/C48H31N3/c1-3-14-34(15-4-1)49-41-21-10-7-18-36(41)39-30-32(26-28-44(39)49)33-27-29-45-40(31-33)37-19-8-11-22-42(37)51(45)47-25-13-24-46-48(47)38-20-9-12-23-43(38)50(46)35-16-5-2-6-17-35/h1-31H/i2D,7D,8D,9D,10D,11D,12D,13D,18D,19D,20D,21D,22D,23D,24D,25D,26D,27D,28D,29D,30D,31D. The zero-order valence-electron chi connectivity index (χ0n) is 48.0. The van der Waals surface area contributed by atoms with Crippen LogP contribution in [-0.4, -0.2) is 13.7 Å². The zero-order valence-corrected chi connectivity index (χ0v) is 26.0. The van der Waals surface area contributed by atoms with E-state index in [0.29, 0.717) is 5.69 Å². The molecule has 0 bridgehead atoms. The minimum atomic E-state index is -0.892. The lowest BCUT2D eigenvalue weighted by atomic mass is 10.0. The summed E-state index contributed by atoms with van der Waals surface area (Å²) in [7, 11) is 0. The van der Waals surface area contributed by atoms with Gasteiger partial charge in [0, 0.05) is 43.7 Å². The number of fused-ring (bicyclic) bond motifs is 9. The monoisotopic (exact) mass is 671 g/mol. The van der Waals surface area contributed by atoms with Gasteiger partial charge in [0.2, 0.25) is 0 Å². The van der Waals surface area contributed by atoms with E-state index in [4.69, 9.17) is 13.7 Å². The van der Waals surface area contributed by atoms with Crippen molar-refractivity contribution in [2.75, 3.05) is 0 Å². The number of hydrogen-bond acceptors (Lipinski definition) is 0. The summed E-state index contributed by atoms with van der Waals surface area (Å²) in [4.78, 5) is 0. The van der Waals surface area contributed by atoms with Crippen LogP contribution in [0.25, 0.3) is 93.6 Å². The van der Waals surface area contributed by atoms with Crippen molar-refractivity contribution in [3.63, 3.8) is 0 Å². The summed E-state index contributed by atoms with van der Waals surface area (Å²) in [6.45, 7) is 0. The zero-order chi connectivity index (χ0) is 52.6. The Bertz CT molecular complexity index is 4380. The molecule has 11 rings (SSSR count). The summed E-state index contributed by atoms with van der Waals surface area (Å²) in [5, 5.41) is -2.03. The molecule has 0 saturated heterocycles. The van der Waals surface area contributed by atoms with Crippen LogP contribution in [0.3, 0.4) is 0 Å². The smallest absolute Gasteiger partial charge is 0.0645 e. The fourth-order valence-corrected chi connectivity index (χ4v) is 6.85. The Kier molecular flexibility index (Phi) is 3.01. The topological polar surface area (TPSA) is 14.8 Å². The van der Waals surface area contributed by atoms with Crippen LogP contribution < -0.4 is 0 Å². The SMILES string of the molecule is [2H]c1ccc(-n2c3c([2H])c([2H])c([2H])c([2H])c3c3c(-n4c5c([2H])c([2H])c([2H])c([2H])c5c5c([2H])c(-c6c([2H])c([2H])c7c(c6[2H])c6c([2H])c([2H])c([2H])c([2H])c6n7-c6ccccc6)c([2H])c([2H])c54)c([2H])c([2H])c([2H])c32)cc1. The molecule has 3 aromatic heterocycles.